The molecule has 0 aromatic rings. The van der Waals surface area contributed by atoms with Gasteiger partial charge in [0, 0.05) is 6.08 Å². The summed E-state index contributed by atoms with van der Waals surface area (Å²) in [5.74, 6) is 1.78. The minimum atomic E-state index is -0.393. The van der Waals surface area contributed by atoms with Crippen LogP contribution in [0.3, 0.4) is 0 Å². The largest absolute Gasteiger partial charge is 0.463 e. The van der Waals surface area contributed by atoms with Crippen LogP contribution in [0.2, 0.25) is 0 Å². The Balaban J connectivity index is 3.53. The van der Waals surface area contributed by atoms with Crippen LogP contribution >= 0.6 is 0 Å². The van der Waals surface area contributed by atoms with Gasteiger partial charge in [0.15, 0.2) is 0 Å². The minimum Gasteiger partial charge on any atom is -0.463 e. The zero-order valence-electron chi connectivity index (χ0n) is 5.26. The molecule has 0 rings (SSSR count). The molecule has 0 aliphatic rings. The highest BCUT2D eigenvalue weighted by Crippen LogP contribution is 1.78. The molecule has 0 aromatic heterocycles. The molecule has 48 valence electrons. The van der Waals surface area contributed by atoms with E-state index in [2.05, 4.69) is 10.7 Å². The van der Waals surface area contributed by atoms with Crippen molar-refractivity contribution in [2.24, 2.45) is 0 Å². The van der Waals surface area contributed by atoms with Crippen LogP contribution in [0, 0.1) is 12.3 Å². The minimum absolute atomic E-state index is 0.383. The fourth-order valence-corrected chi connectivity index (χ4v) is 0.307. The van der Waals surface area contributed by atoms with Crippen molar-refractivity contribution >= 4 is 5.97 Å². The van der Waals surface area contributed by atoms with Gasteiger partial charge in [0.05, 0.1) is 6.61 Å². The average Bonchev–Trinajstić information content (AvgIpc) is 1.85. The number of hydrogen-bond acceptors (Lipinski definition) is 2. The summed E-state index contributed by atoms with van der Waals surface area (Å²) < 4.78 is 4.52. The predicted molar refractivity (Wildman–Crippen MR) is 34.6 cm³/mol. The third-order valence-corrected chi connectivity index (χ3v) is 0.602. The molecule has 2 heteroatoms. The third-order valence-electron chi connectivity index (χ3n) is 0.602. The molecule has 0 aliphatic carbocycles. The second kappa shape index (κ2) is 4.92. The van der Waals surface area contributed by atoms with Gasteiger partial charge in [-0.3, -0.25) is 0 Å². The van der Waals surface area contributed by atoms with Gasteiger partial charge in [-0.1, -0.05) is 5.92 Å². The van der Waals surface area contributed by atoms with Gasteiger partial charge in [-0.2, -0.15) is 0 Å². The maximum Gasteiger partial charge on any atom is 0.331 e. The molecule has 0 radical (unpaired) electrons. The Bertz CT molecular complexity index is 151. The van der Waals surface area contributed by atoms with E-state index in [1.54, 1.807) is 6.92 Å². The average molecular weight is 124 g/mol. The SMILES string of the molecule is C#C/C=C/C(=O)OCC. The first-order valence-electron chi connectivity index (χ1n) is 2.60. The normalized spacial score (nSPS) is 8.89. The van der Waals surface area contributed by atoms with E-state index < -0.39 is 5.97 Å². The number of allylic oxidation sites excluding steroid dienone is 1. The first-order chi connectivity index (χ1) is 4.31. The van der Waals surface area contributed by atoms with Crippen LogP contribution in [0.25, 0.3) is 0 Å². The molecule has 0 saturated heterocycles. The smallest absolute Gasteiger partial charge is 0.331 e. The molecule has 0 spiro atoms. The Morgan fingerprint density at radius 3 is 3.00 bits per heavy atom. The second-order valence-corrected chi connectivity index (χ2v) is 1.25. The first-order valence-corrected chi connectivity index (χ1v) is 2.60. The molecule has 0 aliphatic heterocycles. The lowest BCUT2D eigenvalue weighted by Crippen LogP contribution is -1.98. The van der Waals surface area contributed by atoms with Crippen LogP contribution in [0.5, 0.6) is 0 Å². The number of hydrogen-bond donors (Lipinski definition) is 0. The molecule has 0 amide bonds. The summed E-state index contributed by atoms with van der Waals surface area (Å²) in [7, 11) is 0. The predicted octanol–water partition coefficient (Wildman–Crippen LogP) is 0.739. The molecule has 0 bridgehead atoms. The molecule has 9 heavy (non-hydrogen) atoms. The van der Waals surface area contributed by atoms with Gasteiger partial charge in [0.25, 0.3) is 0 Å². The molecule has 0 saturated carbocycles. The van der Waals surface area contributed by atoms with Crippen molar-refractivity contribution in [3.8, 4) is 12.3 Å². The zero-order chi connectivity index (χ0) is 7.11. The Morgan fingerprint density at radius 1 is 1.89 bits per heavy atom. The Hall–Kier alpha value is -1.23. The van der Waals surface area contributed by atoms with Crippen molar-refractivity contribution in [3.63, 3.8) is 0 Å². The zero-order valence-corrected chi connectivity index (χ0v) is 5.26. The van der Waals surface area contributed by atoms with Gasteiger partial charge in [-0.25, -0.2) is 4.79 Å². The van der Waals surface area contributed by atoms with Crippen molar-refractivity contribution in [3.05, 3.63) is 12.2 Å². The maximum absolute atomic E-state index is 10.4. The Labute approximate surface area is 54.5 Å². The van der Waals surface area contributed by atoms with E-state index in [0.29, 0.717) is 6.61 Å². The van der Waals surface area contributed by atoms with E-state index in [1.807, 2.05) is 0 Å². The fraction of sp³-hybridized carbons (Fsp3) is 0.286. The number of rotatable bonds is 2. The quantitative estimate of drug-likeness (QED) is 0.308. The summed E-state index contributed by atoms with van der Waals surface area (Å²) in [6, 6.07) is 0. The molecule has 0 aromatic carbocycles. The van der Waals surface area contributed by atoms with Crippen molar-refractivity contribution in [1.82, 2.24) is 0 Å². The molecule has 0 fully saturated rings. The summed E-state index contributed by atoms with van der Waals surface area (Å²) in [5.41, 5.74) is 0. The number of carbonyl (C=O) groups excluding carboxylic acids is 1. The first kappa shape index (κ1) is 7.77. The van der Waals surface area contributed by atoms with Gasteiger partial charge in [0.1, 0.15) is 0 Å². The van der Waals surface area contributed by atoms with Crippen LogP contribution in [0.15, 0.2) is 12.2 Å². The van der Waals surface area contributed by atoms with Crippen molar-refractivity contribution in [2.45, 2.75) is 6.92 Å². The van der Waals surface area contributed by atoms with Gasteiger partial charge in [-0.05, 0) is 13.0 Å². The van der Waals surface area contributed by atoms with Crippen molar-refractivity contribution < 1.29 is 9.53 Å². The highest BCUT2D eigenvalue weighted by atomic mass is 16.5. The van der Waals surface area contributed by atoms with Crippen molar-refractivity contribution in [1.29, 1.82) is 0 Å². The lowest BCUT2D eigenvalue weighted by atomic mass is 10.5. The third kappa shape index (κ3) is 4.63. The van der Waals surface area contributed by atoms with E-state index in [1.165, 1.54) is 12.2 Å². The monoisotopic (exact) mass is 124 g/mol. The molecule has 2 nitrogen and oxygen atoms in total. The summed E-state index contributed by atoms with van der Waals surface area (Å²) >= 11 is 0. The fourth-order valence-electron chi connectivity index (χ4n) is 0.307. The summed E-state index contributed by atoms with van der Waals surface area (Å²) in [5, 5.41) is 0. The Kier molecular flexibility index (Phi) is 4.25. The Morgan fingerprint density at radius 2 is 2.56 bits per heavy atom. The number of carbonyl (C=O) groups is 1. The highest BCUT2D eigenvalue weighted by Gasteiger charge is 1.89. The van der Waals surface area contributed by atoms with Crippen LogP contribution in [-0.4, -0.2) is 12.6 Å². The van der Waals surface area contributed by atoms with Gasteiger partial charge >= 0.3 is 5.97 Å². The molecular weight excluding hydrogens is 116 g/mol. The topological polar surface area (TPSA) is 26.3 Å². The molecule has 0 heterocycles. The number of terminal acetylenes is 1. The maximum atomic E-state index is 10.4. The van der Waals surface area contributed by atoms with Crippen LogP contribution < -0.4 is 0 Å². The van der Waals surface area contributed by atoms with Gasteiger partial charge < -0.3 is 4.74 Å². The van der Waals surface area contributed by atoms with E-state index in [9.17, 15) is 4.79 Å². The summed E-state index contributed by atoms with van der Waals surface area (Å²) in [6.45, 7) is 2.12. The highest BCUT2D eigenvalue weighted by molar-refractivity contribution is 5.82. The molecule has 0 N–H and O–H groups in total. The van der Waals surface area contributed by atoms with Crippen LogP contribution in [0.4, 0.5) is 0 Å². The lowest BCUT2D eigenvalue weighted by molar-refractivity contribution is -0.137. The molecule has 0 unspecified atom stereocenters. The van der Waals surface area contributed by atoms with Gasteiger partial charge in [0.2, 0.25) is 0 Å². The summed E-state index contributed by atoms with van der Waals surface area (Å²) in [6.07, 6.45) is 7.34. The van der Waals surface area contributed by atoms with E-state index in [0.717, 1.165) is 0 Å². The van der Waals surface area contributed by atoms with Crippen LogP contribution in [0.1, 0.15) is 6.92 Å². The van der Waals surface area contributed by atoms with E-state index in [4.69, 9.17) is 6.42 Å². The summed E-state index contributed by atoms with van der Waals surface area (Å²) in [4.78, 5) is 10.4. The molecule has 0 atom stereocenters. The van der Waals surface area contributed by atoms with Gasteiger partial charge in [-0.15, -0.1) is 6.42 Å². The van der Waals surface area contributed by atoms with E-state index in [-0.39, 0.29) is 0 Å². The second-order valence-electron chi connectivity index (χ2n) is 1.25. The number of ether oxygens (including phenoxy) is 1. The number of esters is 1. The lowest BCUT2D eigenvalue weighted by Gasteiger charge is -1.91. The molecular formula is C7H8O2. The van der Waals surface area contributed by atoms with E-state index >= 15 is 0 Å². The van der Waals surface area contributed by atoms with Crippen molar-refractivity contribution in [2.75, 3.05) is 6.61 Å². The van der Waals surface area contributed by atoms with Crippen LogP contribution in [-0.2, 0) is 9.53 Å². The standard InChI is InChI=1S/C7H8O2/c1-3-5-6-7(8)9-4-2/h1,5-6H,4H2,2H3/b6-5+.